The van der Waals surface area contributed by atoms with Gasteiger partial charge in [-0.15, -0.1) is 0 Å². The summed E-state index contributed by atoms with van der Waals surface area (Å²) in [5.74, 6) is 0. The van der Waals surface area contributed by atoms with E-state index in [0.717, 1.165) is 6.54 Å². The standard InChI is InChI=1S/C9H19N3O2/c1-9(2,3)14-8(13)12-5-4-11-7(10)6-12/h7,11H,4-6,10H2,1-3H3/t7-/m0/s1. The van der Waals surface area contributed by atoms with Gasteiger partial charge in [-0.2, -0.15) is 0 Å². The summed E-state index contributed by atoms with van der Waals surface area (Å²) >= 11 is 0. The number of rotatable bonds is 0. The molecule has 5 nitrogen and oxygen atoms in total. The molecule has 0 radical (unpaired) electrons. The molecule has 1 atom stereocenters. The van der Waals surface area contributed by atoms with Crippen LogP contribution in [0.15, 0.2) is 0 Å². The van der Waals surface area contributed by atoms with Crippen LogP contribution >= 0.6 is 0 Å². The third-order valence-corrected chi connectivity index (χ3v) is 1.86. The van der Waals surface area contributed by atoms with Gasteiger partial charge in [0.15, 0.2) is 0 Å². The number of carbonyl (C=O) groups is 1. The zero-order valence-corrected chi connectivity index (χ0v) is 9.04. The Morgan fingerprint density at radius 3 is 2.71 bits per heavy atom. The van der Waals surface area contributed by atoms with E-state index in [2.05, 4.69) is 5.32 Å². The first-order valence-corrected chi connectivity index (χ1v) is 4.85. The SMILES string of the molecule is CC(C)(C)OC(=O)N1CCN[C@H](N)C1. The van der Waals surface area contributed by atoms with Gasteiger partial charge in [-0.05, 0) is 20.8 Å². The lowest BCUT2D eigenvalue weighted by molar-refractivity contribution is 0.0197. The highest BCUT2D eigenvalue weighted by atomic mass is 16.6. The Labute approximate surface area is 84.6 Å². The maximum absolute atomic E-state index is 11.6. The molecule has 1 fully saturated rings. The van der Waals surface area contributed by atoms with Gasteiger partial charge in [-0.3, -0.25) is 5.32 Å². The molecule has 82 valence electrons. The number of hydrogen-bond donors (Lipinski definition) is 2. The van der Waals surface area contributed by atoms with Crippen molar-refractivity contribution in [2.75, 3.05) is 19.6 Å². The molecule has 0 aromatic rings. The van der Waals surface area contributed by atoms with Gasteiger partial charge < -0.3 is 15.4 Å². The van der Waals surface area contributed by atoms with Crippen LogP contribution in [0.5, 0.6) is 0 Å². The van der Waals surface area contributed by atoms with Crippen molar-refractivity contribution in [1.82, 2.24) is 10.2 Å². The molecule has 3 N–H and O–H groups in total. The Bertz CT molecular complexity index is 213. The zero-order valence-electron chi connectivity index (χ0n) is 9.04. The van der Waals surface area contributed by atoms with Crippen LogP contribution in [-0.2, 0) is 4.74 Å². The molecule has 1 aliphatic rings. The maximum atomic E-state index is 11.6. The number of nitrogens with zero attached hydrogens (tertiary/aromatic N) is 1. The molecule has 0 aliphatic carbocycles. The highest BCUT2D eigenvalue weighted by molar-refractivity contribution is 5.68. The summed E-state index contributed by atoms with van der Waals surface area (Å²) in [6.45, 7) is 7.45. The van der Waals surface area contributed by atoms with Crippen molar-refractivity contribution in [3.63, 3.8) is 0 Å². The lowest BCUT2D eigenvalue weighted by Crippen LogP contribution is -2.57. The van der Waals surface area contributed by atoms with Crippen LogP contribution in [0.25, 0.3) is 0 Å². The third-order valence-electron chi connectivity index (χ3n) is 1.86. The number of ether oxygens (including phenoxy) is 1. The third kappa shape index (κ3) is 3.51. The molecule has 1 saturated heterocycles. The van der Waals surface area contributed by atoms with E-state index in [0.29, 0.717) is 13.1 Å². The highest BCUT2D eigenvalue weighted by Crippen LogP contribution is 2.10. The number of nitrogens with two attached hydrogens (primary N) is 1. The van der Waals surface area contributed by atoms with E-state index in [9.17, 15) is 4.79 Å². The van der Waals surface area contributed by atoms with E-state index in [4.69, 9.17) is 10.5 Å². The summed E-state index contributed by atoms with van der Waals surface area (Å²) in [5, 5.41) is 3.06. The fourth-order valence-electron chi connectivity index (χ4n) is 1.27. The number of amides is 1. The van der Waals surface area contributed by atoms with Crippen molar-refractivity contribution in [2.24, 2.45) is 5.73 Å². The summed E-state index contributed by atoms with van der Waals surface area (Å²) in [6.07, 6.45) is -0.425. The molecule has 0 bridgehead atoms. The Kier molecular flexibility index (Phi) is 3.34. The van der Waals surface area contributed by atoms with Gasteiger partial charge in [0, 0.05) is 13.1 Å². The minimum absolute atomic E-state index is 0.142. The lowest BCUT2D eigenvalue weighted by Gasteiger charge is -2.33. The largest absolute Gasteiger partial charge is 0.444 e. The molecular formula is C9H19N3O2. The van der Waals surface area contributed by atoms with Crippen LogP contribution in [-0.4, -0.2) is 42.4 Å². The number of hydrogen-bond acceptors (Lipinski definition) is 4. The lowest BCUT2D eigenvalue weighted by atomic mass is 10.2. The van der Waals surface area contributed by atoms with Crippen molar-refractivity contribution >= 4 is 6.09 Å². The average Bonchev–Trinajstić information content (AvgIpc) is 2.01. The quantitative estimate of drug-likeness (QED) is 0.584. The average molecular weight is 201 g/mol. The van der Waals surface area contributed by atoms with Crippen molar-refractivity contribution < 1.29 is 9.53 Å². The van der Waals surface area contributed by atoms with E-state index < -0.39 is 5.60 Å². The molecular weight excluding hydrogens is 182 g/mol. The van der Waals surface area contributed by atoms with E-state index in [1.54, 1.807) is 4.90 Å². The highest BCUT2D eigenvalue weighted by Gasteiger charge is 2.25. The first-order valence-electron chi connectivity index (χ1n) is 4.85. The normalized spacial score (nSPS) is 23.4. The van der Waals surface area contributed by atoms with Gasteiger partial charge in [0.2, 0.25) is 0 Å². The molecule has 1 rings (SSSR count). The monoisotopic (exact) mass is 201 g/mol. The number of piperazine rings is 1. The van der Waals surface area contributed by atoms with Crippen molar-refractivity contribution in [2.45, 2.75) is 32.5 Å². The molecule has 1 heterocycles. The molecule has 0 aromatic carbocycles. The van der Waals surface area contributed by atoms with Crippen LogP contribution in [0.1, 0.15) is 20.8 Å². The molecule has 1 amide bonds. The Morgan fingerprint density at radius 1 is 1.57 bits per heavy atom. The van der Waals surface area contributed by atoms with Gasteiger partial charge in [0.1, 0.15) is 5.60 Å². The first kappa shape index (κ1) is 11.3. The Balaban J connectivity index is 2.44. The van der Waals surface area contributed by atoms with Gasteiger partial charge in [-0.1, -0.05) is 0 Å². The topological polar surface area (TPSA) is 67.6 Å². The van der Waals surface area contributed by atoms with Gasteiger partial charge >= 0.3 is 6.09 Å². The molecule has 0 unspecified atom stereocenters. The molecule has 0 aromatic heterocycles. The van der Waals surface area contributed by atoms with Crippen LogP contribution < -0.4 is 11.1 Å². The maximum Gasteiger partial charge on any atom is 0.410 e. The van der Waals surface area contributed by atoms with Crippen LogP contribution in [0, 0.1) is 0 Å². The molecule has 14 heavy (non-hydrogen) atoms. The summed E-state index contributed by atoms with van der Waals surface area (Å²) in [4.78, 5) is 13.2. The predicted octanol–water partition coefficient (Wildman–Crippen LogP) is 0.112. The predicted molar refractivity (Wildman–Crippen MR) is 53.8 cm³/mol. The molecule has 0 spiro atoms. The van der Waals surface area contributed by atoms with Gasteiger partial charge in [0.05, 0.1) is 12.7 Å². The number of nitrogens with one attached hydrogen (secondary N) is 1. The minimum Gasteiger partial charge on any atom is -0.444 e. The fraction of sp³-hybridized carbons (Fsp3) is 0.889. The first-order chi connectivity index (χ1) is 6.38. The second-order valence-corrected chi connectivity index (χ2v) is 4.49. The molecule has 5 heteroatoms. The van der Waals surface area contributed by atoms with Crippen LogP contribution in [0.3, 0.4) is 0 Å². The summed E-state index contributed by atoms with van der Waals surface area (Å²) in [5.41, 5.74) is 5.23. The van der Waals surface area contributed by atoms with E-state index in [-0.39, 0.29) is 12.3 Å². The van der Waals surface area contributed by atoms with Crippen molar-refractivity contribution in [1.29, 1.82) is 0 Å². The Morgan fingerprint density at radius 2 is 2.21 bits per heavy atom. The summed E-state index contributed by atoms with van der Waals surface area (Å²) in [6, 6.07) is 0. The molecule has 1 aliphatic heterocycles. The van der Waals surface area contributed by atoms with Gasteiger partial charge in [-0.25, -0.2) is 4.79 Å². The van der Waals surface area contributed by atoms with Crippen molar-refractivity contribution in [3.8, 4) is 0 Å². The number of carbonyl (C=O) groups excluding carboxylic acids is 1. The van der Waals surface area contributed by atoms with E-state index >= 15 is 0 Å². The minimum atomic E-state index is -0.438. The van der Waals surface area contributed by atoms with E-state index in [1.807, 2.05) is 20.8 Å². The van der Waals surface area contributed by atoms with Crippen LogP contribution in [0.4, 0.5) is 4.79 Å². The smallest absolute Gasteiger partial charge is 0.410 e. The summed E-state index contributed by atoms with van der Waals surface area (Å²) in [7, 11) is 0. The second-order valence-electron chi connectivity index (χ2n) is 4.49. The van der Waals surface area contributed by atoms with Gasteiger partial charge in [0.25, 0.3) is 0 Å². The Hall–Kier alpha value is -0.810. The van der Waals surface area contributed by atoms with E-state index in [1.165, 1.54) is 0 Å². The molecule has 0 saturated carbocycles. The van der Waals surface area contributed by atoms with Crippen LogP contribution in [0.2, 0.25) is 0 Å². The second kappa shape index (κ2) is 4.14. The fourth-order valence-corrected chi connectivity index (χ4v) is 1.27. The summed E-state index contributed by atoms with van der Waals surface area (Å²) < 4.78 is 5.23. The zero-order chi connectivity index (χ0) is 10.8. The van der Waals surface area contributed by atoms with Crippen molar-refractivity contribution in [3.05, 3.63) is 0 Å².